The minimum absolute atomic E-state index is 0.130. The number of fused-ring (bicyclic) bond motifs is 1. The van der Waals surface area contributed by atoms with Gasteiger partial charge in [0, 0.05) is 37.1 Å². The van der Waals surface area contributed by atoms with Crippen molar-refractivity contribution in [2.24, 2.45) is 16.3 Å². The van der Waals surface area contributed by atoms with Crippen LogP contribution < -0.4 is 10.6 Å². The van der Waals surface area contributed by atoms with E-state index in [0.717, 1.165) is 43.1 Å². The molecule has 2 N–H and O–H groups in total. The minimum atomic E-state index is -0.180. The fraction of sp³-hybridized carbons (Fsp3) is 0.650. The van der Waals surface area contributed by atoms with Crippen LogP contribution in [0.4, 0.5) is 4.39 Å². The van der Waals surface area contributed by atoms with E-state index < -0.39 is 0 Å². The number of hydrogen-bond donors (Lipinski definition) is 2. The van der Waals surface area contributed by atoms with Gasteiger partial charge in [0.25, 0.3) is 0 Å². The first-order valence-electron chi connectivity index (χ1n) is 9.35. The highest BCUT2D eigenvalue weighted by atomic mass is 19.1. The van der Waals surface area contributed by atoms with Gasteiger partial charge in [0.2, 0.25) is 0 Å². The van der Waals surface area contributed by atoms with E-state index in [9.17, 15) is 4.39 Å². The molecule has 3 atom stereocenters. The highest BCUT2D eigenvalue weighted by molar-refractivity contribution is 5.80. The maximum atomic E-state index is 13.2. The first-order chi connectivity index (χ1) is 11.9. The molecule has 1 saturated carbocycles. The van der Waals surface area contributed by atoms with E-state index in [4.69, 9.17) is 9.73 Å². The number of ether oxygens (including phenoxy) is 1. The number of rotatable bonds is 5. The Morgan fingerprint density at radius 2 is 2.20 bits per heavy atom. The van der Waals surface area contributed by atoms with E-state index >= 15 is 0 Å². The molecule has 4 nitrogen and oxygen atoms in total. The maximum absolute atomic E-state index is 13.2. The number of guanidine groups is 1. The third-order valence-electron chi connectivity index (χ3n) is 5.69. The number of aryl methyl sites for hydroxylation is 1. The van der Waals surface area contributed by atoms with E-state index in [-0.39, 0.29) is 11.2 Å². The third-order valence-corrected chi connectivity index (χ3v) is 5.69. The molecule has 3 unspecified atom stereocenters. The molecule has 138 valence electrons. The zero-order valence-electron chi connectivity index (χ0n) is 15.7. The van der Waals surface area contributed by atoms with Crippen LogP contribution in [0.2, 0.25) is 0 Å². The topological polar surface area (TPSA) is 45.7 Å². The smallest absolute Gasteiger partial charge is 0.191 e. The Hall–Kier alpha value is -1.62. The second kappa shape index (κ2) is 7.32. The average molecular weight is 347 g/mol. The summed E-state index contributed by atoms with van der Waals surface area (Å²) in [6.07, 6.45) is 2.31. The van der Waals surface area contributed by atoms with Crippen molar-refractivity contribution in [2.75, 3.05) is 19.7 Å². The molecule has 1 aliphatic heterocycles. The third kappa shape index (κ3) is 3.66. The van der Waals surface area contributed by atoms with Crippen molar-refractivity contribution in [1.29, 1.82) is 0 Å². The molecule has 1 aromatic rings. The predicted molar refractivity (Wildman–Crippen MR) is 99.4 cm³/mol. The van der Waals surface area contributed by atoms with Gasteiger partial charge in [0.1, 0.15) is 5.82 Å². The zero-order chi connectivity index (χ0) is 18.0. The first kappa shape index (κ1) is 18.2. The summed E-state index contributed by atoms with van der Waals surface area (Å²) < 4.78 is 19.1. The van der Waals surface area contributed by atoms with E-state index in [0.29, 0.717) is 24.6 Å². The van der Waals surface area contributed by atoms with E-state index in [1.54, 1.807) is 6.07 Å². The summed E-state index contributed by atoms with van der Waals surface area (Å²) in [4.78, 5) is 4.73. The molecule has 0 radical (unpaired) electrons. The molecule has 0 spiro atoms. The van der Waals surface area contributed by atoms with Crippen molar-refractivity contribution < 1.29 is 9.13 Å². The molecule has 2 aliphatic rings. The second-order valence-electron chi connectivity index (χ2n) is 7.77. The molecule has 5 heteroatoms. The van der Waals surface area contributed by atoms with Gasteiger partial charge in [-0.25, -0.2) is 4.39 Å². The zero-order valence-corrected chi connectivity index (χ0v) is 15.7. The number of benzene rings is 1. The van der Waals surface area contributed by atoms with Crippen LogP contribution in [0.3, 0.4) is 0 Å². The normalized spacial score (nSPS) is 27.6. The SMILES string of the molecule is CCNC(=NCCc1ccc(F)cc1C)NC1C2CCOC2C1(C)C. The predicted octanol–water partition coefficient (Wildman–Crippen LogP) is 3.05. The molecule has 0 aromatic heterocycles. The summed E-state index contributed by atoms with van der Waals surface area (Å²) in [5.74, 6) is 1.27. The largest absolute Gasteiger partial charge is 0.377 e. The first-order valence-corrected chi connectivity index (χ1v) is 9.35. The van der Waals surface area contributed by atoms with Crippen LogP contribution in [0.15, 0.2) is 23.2 Å². The van der Waals surface area contributed by atoms with E-state index in [1.807, 2.05) is 13.0 Å². The molecule has 2 fully saturated rings. The van der Waals surface area contributed by atoms with Gasteiger partial charge in [0.05, 0.1) is 6.10 Å². The van der Waals surface area contributed by atoms with Crippen LogP contribution in [0.1, 0.15) is 38.3 Å². The van der Waals surface area contributed by atoms with Gasteiger partial charge in [0.15, 0.2) is 5.96 Å². The molecule has 25 heavy (non-hydrogen) atoms. The molecule has 1 aromatic carbocycles. The van der Waals surface area contributed by atoms with Gasteiger partial charge in [-0.2, -0.15) is 0 Å². The number of hydrogen-bond acceptors (Lipinski definition) is 2. The molecule has 1 saturated heterocycles. The van der Waals surface area contributed by atoms with Crippen LogP contribution in [0.25, 0.3) is 0 Å². The summed E-state index contributed by atoms with van der Waals surface area (Å²) in [6.45, 7) is 10.9. The minimum Gasteiger partial charge on any atom is -0.377 e. The Kier molecular flexibility index (Phi) is 5.32. The fourth-order valence-corrected chi connectivity index (χ4v) is 4.31. The van der Waals surface area contributed by atoms with Crippen LogP contribution in [0, 0.1) is 24.1 Å². The molecule has 1 aliphatic carbocycles. The van der Waals surface area contributed by atoms with Crippen LogP contribution in [0.5, 0.6) is 0 Å². The van der Waals surface area contributed by atoms with Crippen molar-refractivity contribution in [3.63, 3.8) is 0 Å². The van der Waals surface area contributed by atoms with Gasteiger partial charge in [-0.1, -0.05) is 19.9 Å². The van der Waals surface area contributed by atoms with Gasteiger partial charge < -0.3 is 15.4 Å². The lowest BCUT2D eigenvalue weighted by Crippen LogP contribution is -2.68. The second-order valence-corrected chi connectivity index (χ2v) is 7.77. The standard InChI is InChI=1S/C20H30FN3O/c1-5-22-19(23-10-8-14-6-7-15(21)12-13(14)2)24-17-16-9-11-25-18(16)20(17,3)4/h6-7,12,16-18H,5,8-11H2,1-4H3,(H2,22,23,24). The summed E-state index contributed by atoms with van der Waals surface area (Å²) in [7, 11) is 0. The molecule has 1 heterocycles. The maximum Gasteiger partial charge on any atom is 0.191 e. The Balaban J connectivity index is 1.61. The average Bonchev–Trinajstić information content (AvgIpc) is 3.01. The monoisotopic (exact) mass is 347 g/mol. The van der Waals surface area contributed by atoms with Crippen molar-refractivity contribution in [2.45, 2.75) is 52.7 Å². The van der Waals surface area contributed by atoms with Crippen LogP contribution in [-0.2, 0) is 11.2 Å². The molecule has 0 amide bonds. The summed E-state index contributed by atoms with van der Waals surface area (Å²) in [5.41, 5.74) is 2.26. The van der Waals surface area contributed by atoms with Crippen molar-refractivity contribution in [1.82, 2.24) is 10.6 Å². The summed E-state index contributed by atoms with van der Waals surface area (Å²) >= 11 is 0. The van der Waals surface area contributed by atoms with E-state index in [1.165, 1.54) is 6.07 Å². The number of halogens is 1. The lowest BCUT2D eigenvalue weighted by Gasteiger charge is -2.54. The quantitative estimate of drug-likeness (QED) is 0.636. The number of nitrogens with zero attached hydrogens (tertiary/aromatic N) is 1. The van der Waals surface area contributed by atoms with Crippen LogP contribution in [-0.4, -0.2) is 37.8 Å². The van der Waals surface area contributed by atoms with Crippen LogP contribution >= 0.6 is 0 Å². The van der Waals surface area contributed by atoms with E-state index in [2.05, 4.69) is 31.4 Å². The summed E-state index contributed by atoms with van der Waals surface area (Å²) in [6, 6.07) is 5.35. The molecule has 3 rings (SSSR count). The summed E-state index contributed by atoms with van der Waals surface area (Å²) in [5, 5.41) is 6.97. The molecular weight excluding hydrogens is 317 g/mol. The Labute approximate surface area is 150 Å². The van der Waals surface area contributed by atoms with Gasteiger partial charge >= 0.3 is 0 Å². The van der Waals surface area contributed by atoms with Gasteiger partial charge in [-0.05, 0) is 49.9 Å². The fourth-order valence-electron chi connectivity index (χ4n) is 4.31. The number of aliphatic imine (C=N–C) groups is 1. The highest BCUT2D eigenvalue weighted by Crippen LogP contribution is 2.52. The van der Waals surface area contributed by atoms with Crippen molar-refractivity contribution >= 4 is 5.96 Å². The Bertz CT molecular complexity index is 644. The highest BCUT2D eigenvalue weighted by Gasteiger charge is 2.59. The Morgan fingerprint density at radius 1 is 1.40 bits per heavy atom. The Morgan fingerprint density at radius 3 is 2.92 bits per heavy atom. The van der Waals surface area contributed by atoms with Crippen molar-refractivity contribution in [3.05, 3.63) is 35.1 Å². The van der Waals surface area contributed by atoms with Crippen molar-refractivity contribution in [3.8, 4) is 0 Å². The molecular formula is C20H30FN3O. The lowest BCUT2D eigenvalue weighted by atomic mass is 9.57. The van der Waals surface area contributed by atoms with Gasteiger partial charge in [-0.15, -0.1) is 0 Å². The number of nitrogens with one attached hydrogen (secondary N) is 2. The lowest BCUT2D eigenvalue weighted by molar-refractivity contribution is -0.106. The molecule has 0 bridgehead atoms. The van der Waals surface area contributed by atoms with Gasteiger partial charge in [-0.3, -0.25) is 4.99 Å².